The number of nitro benzene ring substituents is 1. The first-order chi connectivity index (χ1) is 18.8. The van der Waals surface area contributed by atoms with Crippen LogP contribution in [0.3, 0.4) is 0 Å². The van der Waals surface area contributed by atoms with Gasteiger partial charge in [0.05, 0.1) is 27.6 Å². The molecular formula is C28H18BrN3O6S. The van der Waals surface area contributed by atoms with Crippen LogP contribution in [0, 0.1) is 10.1 Å². The van der Waals surface area contributed by atoms with Gasteiger partial charge < -0.3 is 9.52 Å². The number of para-hydroxylation sites is 1. The maximum absolute atomic E-state index is 13.5. The lowest BCUT2D eigenvalue weighted by Gasteiger charge is -2.16. The van der Waals surface area contributed by atoms with Crippen LogP contribution in [0.2, 0.25) is 0 Å². The highest BCUT2D eigenvalue weighted by molar-refractivity contribution is 9.10. The fourth-order valence-electron chi connectivity index (χ4n) is 3.80. The quantitative estimate of drug-likeness (QED) is 0.135. The van der Waals surface area contributed by atoms with Gasteiger partial charge in [-0.25, -0.2) is 9.79 Å². The predicted molar refractivity (Wildman–Crippen MR) is 152 cm³/mol. The average Bonchev–Trinajstić information content (AvgIpc) is 3.50. The molecule has 4 aromatic rings. The number of carbonyl (C=O) groups excluding carboxylic acids is 1. The monoisotopic (exact) mass is 603 g/mol. The van der Waals surface area contributed by atoms with Crippen molar-refractivity contribution in [1.82, 2.24) is 4.90 Å². The zero-order chi connectivity index (χ0) is 27.5. The van der Waals surface area contributed by atoms with Gasteiger partial charge in [-0.1, -0.05) is 30.3 Å². The number of rotatable bonds is 7. The van der Waals surface area contributed by atoms with Gasteiger partial charge in [0, 0.05) is 28.2 Å². The van der Waals surface area contributed by atoms with Crippen molar-refractivity contribution in [2.75, 3.05) is 0 Å². The molecule has 0 atom stereocenters. The van der Waals surface area contributed by atoms with E-state index in [1.807, 2.05) is 30.3 Å². The van der Waals surface area contributed by atoms with E-state index in [0.717, 1.165) is 5.56 Å². The summed E-state index contributed by atoms with van der Waals surface area (Å²) in [6.07, 6.45) is 1.63. The number of nitro groups is 1. The van der Waals surface area contributed by atoms with Crippen LogP contribution in [-0.4, -0.2) is 32.0 Å². The van der Waals surface area contributed by atoms with E-state index in [1.54, 1.807) is 36.4 Å². The number of thioether (sulfide) groups is 1. The van der Waals surface area contributed by atoms with Gasteiger partial charge in [0.15, 0.2) is 5.17 Å². The first-order valence-electron chi connectivity index (χ1n) is 11.5. The summed E-state index contributed by atoms with van der Waals surface area (Å²) in [4.78, 5) is 41.8. The number of hydrogen-bond donors (Lipinski definition) is 1. The van der Waals surface area contributed by atoms with Crippen molar-refractivity contribution in [3.63, 3.8) is 0 Å². The Morgan fingerprint density at radius 1 is 1.08 bits per heavy atom. The number of hydrogen-bond acceptors (Lipinski definition) is 7. The van der Waals surface area contributed by atoms with Gasteiger partial charge in [-0.05, 0) is 75.7 Å². The zero-order valence-corrected chi connectivity index (χ0v) is 22.4. The molecule has 3 aromatic carbocycles. The molecule has 1 aliphatic rings. The van der Waals surface area contributed by atoms with Crippen LogP contribution in [-0.2, 0) is 11.3 Å². The summed E-state index contributed by atoms with van der Waals surface area (Å²) >= 11 is 4.56. The van der Waals surface area contributed by atoms with E-state index in [-0.39, 0.29) is 23.7 Å². The summed E-state index contributed by atoms with van der Waals surface area (Å²) < 4.78 is 6.46. The van der Waals surface area contributed by atoms with Crippen molar-refractivity contribution in [2.45, 2.75) is 6.54 Å². The van der Waals surface area contributed by atoms with Crippen LogP contribution in [0.4, 0.5) is 11.4 Å². The normalized spacial score (nSPS) is 15.3. The minimum absolute atomic E-state index is 0.0459. The van der Waals surface area contributed by atoms with Crippen LogP contribution in [0.5, 0.6) is 0 Å². The number of amides is 1. The Balaban J connectivity index is 1.44. The molecular weight excluding hydrogens is 586 g/mol. The second kappa shape index (κ2) is 11.1. The molecule has 1 aromatic heterocycles. The second-order valence-corrected chi connectivity index (χ2v) is 10.2. The van der Waals surface area contributed by atoms with Crippen molar-refractivity contribution >= 4 is 62.2 Å². The maximum atomic E-state index is 13.5. The number of carboxylic acids is 1. The van der Waals surface area contributed by atoms with E-state index in [1.165, 1.54) is 40.9 Å². The molecule has 0 spiro atoms. The van der Waals surface area contributed by atoms with Gasteiger partial charge in [-0.2, -0.15) is 0 Å². The van der Waals surface area contributed by atoms with Crippen LogP contribution in [0.25, 0.3) is 17.4 Å². The van der Waals surface area contributed by atoms with Crippen molar-refractivity contribution in [3.05, 3.63) is 121 Å². The summed E-state index contributed by atoms with van der Waals surface area (Å²) in [5.41, 5.74) is 2.18. The van der Waals surface area contributed by atoms with Gasteiger partial charge in [-0.3, -0.25) is 19.8 Å². The van der Waals surface area contributed by atoms with E-state index < -0.39 is 10.9 Å². The lowest BCUT2D eigenvalue weighted by Crippen LogP contribution is -2.28. The highest BCUT2D eigenvalue weighted by atomic mass is 79.9. The molecule has 11 heteroatoms. The Morgan fingerprint density at radius 3 is 2.49 bits per heavy atom. The van der Waals surface area contributed by atoms with Crippen molar-refractivity contribution in [1.29, 1.82) is 0 Å². The highest BCUT2D eigenvalue weighted by Crippen LogP contribution is 2.37. The molecule has 0 saturated carbocycles. The van der Waals surface area contributed by atoms with Crippen LogP contribution in [0.1, 0.15) is 21.7 Å². The Kier molecular flexibility index (Phi) is 7.44. The summed E-state index contributed by atoms with van der Waals surface area (Å²) in [6.45, 7) is 0.202. The molecule has 2 heterocycles. The van der Waals surface area contributed by atoms with Gasteiger partial charge in [0.2, 0.25) is 0 Å². The smallest absolute Gasteiger partial charge is 0.335 e. The second-order valence-electron chi connectivity index (χ2n) is 8.36. The molecule has 39 heavy (non-hydrogen) atoms. The molecule has 1 aliphatic heterocycles. The Labute approximate surface area is 234 Å². The SMILES string of the molecule is O=C(O)c1ccc(CN2C(=O)/C(=C/c3ccc(-c4ccc([N+](=O)[O-])cc4Br)o3)SC2=Nc2ccccc2)cc1. The summed E-state index contributed by atoms with van der Waals surface area (Å²) in [7, 11) is 0. The number of non-ortho nitro benzene ring substituents is 1. The molecule has 0 radical (unpaired) electrons. The molecule has 1 fully saturated rings. The average molecular weight is 604 g/mol. The number of amidine groups is 1. The van der Waals surface area contributed by atoms with Crippen molar-refractivity contribution in [3.8, 4) is 11.3 Å². The lowest BCUT2D eigenvalue weighted by atomic mass is 10.1. The minimum atomic E-state index is -1.02. The van der Waals surface area contributed by atoms with Crippen molar-refractivity contribution in [2.24, 2.45) is 4.99 Å². The molecule has 1 amide bonds. The van der Waals surface area contributed by atoms with E-state index in [2.05, 4.69) is 20.9 Å². The Bertz CT molecular complexity index is 1650. The fourth-order valence-corrected chi connectivity index (χ4v) is 5.34. The van der Waals surface area contributed by atoms with Gasteiger partial charge in [0.1, 0.15) is 11.5 Å². The number of aliphatic imine (C=N–C) groups is 1. The van der Waals surface area contributed by atoms with Crippen molar-refractivity contribution < 1.29 is 24.0 Å². The third-order valence-electron chi connectivity index (χ3n) is 5.74. The van der Waals surface area contributed by atoms with E-state index in [0.29, 0.717) is 37.3 Å². The van der Waals surface area contributed by atoms with E-state index >= 15 is 0 Å². The molecule has 0 aliphatic carbocycles. The summed E-state index contributed by atoms with van der Waals surface area (Å²) in [5, 5.41) is 20.7. The molecule has 1 N–H and O–H groups in total. The number of nitrogens with zero attached hydrogens (tertiary/aromatic N) is 3. The largest absolute Gasteiger partial charge is 0.478 e. The van der Waals surface area contributed by atoms with E-state index in [4.69, 9.17) is 4.42 Å². The number of furan rings is 1. The van der Waals surface area contributed by atoms with Gasteiger partial charge >= 0.3 is 5.97 Å². The predicted octanol–water partition coefficient (Wildman–Crippen LogP) is 7.12. The minimum Gasteiger partial charge on any atom is -0.478 e. The molecule has 0 unspecified atom stereocenters. The number of carboxylic acid groups (broad SMARTS) is 1. The first-order valence-corrected chi connectivity index (χ1v) is 13.1. The maximum Gasteiger partial charge on any atom is 0.335 e. The number of benzene rings is 3. The molecule has 194 valence electrons. The van der Waals surface area contributed by atoms with Crippen LogP contribution >= 0.6 is 27.7 Å². The van der Waals surface area contributed by atoms with Gasteiger partial charge in [0.25, 0.3) is 11.6 Å². The standard InChI is InChI=1S/C28H18BrN3O6S/c29-23-14-20(32(36)37)10-12-22(23)24-13-11-21(38-24)15-25-26(33)31(16-17-6-8-18(9-7-17)27(34)35)28(39-25)30-19-4-2-1-3-5-19/h1-15H,16H2,(H,34,35)/b25-15-,30-28?. The van der Waals surface area contributed by atoms with E-state index in [9.17, 15) is 24.8 Å². The summed E-state index contributed by atoms with van der Waals surface area (Å²) in [6, 6.07) is 23.4. The Hall–Kier alpha value is -4.48. The number of carbonyl (C=O) groups is 2. The van der Waals surface area contributed by atoms with Gasteiger partial charge in [-0.15, -0.1) is 0 Å². The molecule has 0 bridgehead atoms. The summed E-state index contributed by atoms with van der Waals surface area (Å²) in [5.74, 6) is -0.388. The highest BCUT2D eigenvalue weighted by Gasteiger charge is 2.34. The Morgan fingerprint density at radius 2 is 1.82 bits per heavy atom. The third kappa shape index (κ3) is 5.84. The lowest BCUT2D eigenvalue weighted by molar-refractivity contribution is -0.384. The molecule has 1 saturated heterocycles. The number of halogens is 1. The van der Waals surface area contributed by atoms with Crippen LogP contribution in [0.15, 0.2) is 104 Å². The zero-order valence-electron chi connectivity index (χ0n) is 20.0. The fraction of sp³-hybridized carbons (Fsp3) is 0.0357. The van der Waals surface area contributed by atoms with Crippen LogP contribution < -0.4 is 0 Å². The molecule has 5 rings (SSSR count). The topological polar surface area (TPSA) is 126 Å². The number of aromatic carboxylic acids is 1. The first kappa shape index (κ1) is 26.1. The third-order valence-corrected chi connectivity index (χ3v) is 7.40. The molecule has 9 nitrogen and oxygen atoms in total.